The van der Waals surface area contributed by atoms with Crippen molar-refractivity contribution >= 4 is 0 Å². The standard InChI is InChI=1S/C17H19NO/c1-18(2)12-11-17(19)15-9-5-3-7-13(15)14-8-4-6-10-16(14)17/h3-10,19H,11-12H2,1-2H3. The molecule has 3 rings (SSSR count). The molecule has 2 aromatic carbocycles. The number of hydrogen-bond acceptors (Lipinski definition) is 2. The number of nitrogens with zero attached hydrogens (tertiary/aromatic N) is 1. The molecule has 2 aromatic rings. The zero-order chi connectivity index (χ0) is 13.5. The molecule has 1 aliphatic carbocycles. The van der Waals surface area contributed by atoms with E-state index in [9.17, 15) is 5.11 Å². The summed E-state index contributed by atoms with van der Waals surface area (Å²) in [4.78, 5) is 2.11. The van der Waals surface area contributed by atoms with Gasteiger partial charge < -0.3 is 10.0 Å². The summed E-state index contributed by atoms with van der Waals surface area (Å²) < 4.78 is 0. The molecular weight excluding hydrogens is 234 g/mol. The molecule has 0 radical (unpaired) electrons. The van der Waals surface area contributed by atoms with Gasteiger partial charge in [-0.3, -0.25) is 0 Å². The van der Waals surface area contributed by atoms with Crippen LogP contribution in [0.5, 0.6) is 0 Å². The topological polar surface area (TPSA) is 23.5 Å². The molecule has 0 saturated carbocycles. The van der Waals surface area contributed by atoms with Crippen molar-refractivity contribution < 1.29 is 5.11 Å². The van der Waals surface area contributed by atoms with E-state index in [1.54, 1.807) is 0 Å². The van der Waals surface area contributed by atoms with E-state index in [4.69, 9.17) is 0 Å². The van der Waals surface area contributed by atoms with Gasteiger partial charge in [-0.2, -0.15) is 0 Å². The van der Waals surface area contributed by atoms with Crippen LogP contribution in [0.2, 0.25) is 0 Å². The molecule has 0 bridgehead atoms. The first-order valence-corrected chi connectivity index (χ1v) is 6.69. The summed E-state index contributed by atoms with van der Waals surface area (Å²) in [6, 6.07) is 16.4. The second-order valence-electron chi connectivity index (χ2n) is 5.50. The summed E-state index contributed by atoms with van der Waals surface area (Å²) >= 11 is 0. The van der Waals surface area contributed by atoms with Crippen LogP contribution in [0.4, 0.5) is 0 Å². The van der Waals surface area contributed by atoms with Gasteiger partial charge in [0.25, 0.3) is 0 Å². The first-order chi connectivity index (χ1) is 9.13. The number of aliphatic hydroxyl groups is 1. The van der Waals surface area contributed by atoms with Gasteiger partial charge in [-0.1, -0.05) is 48.5 Å². The molecule has 0 aromatic heterocycles. The normalized spacial score (nSPS) is 15.4. The van der Waals surface area contributed by atoms with E-state index in [1.165, 1.54) is 11.1 Å². The van der Waals surface area contributed by atoms with Crippen LogP contribution in [-0.2, 0) is 5.60 Å². The summed E-state index contributed by atoms with van der Waals surface area (Å²) in [5.74, 6) is 0. The number of fused-ring (bicyclic) bond motifs is 3. The van der Waals surface area contributed by atoms with Crippen LogP contribution in [0.15, 0.2) is 48.5 Å². The Balaban J connectivity index is 2.14. The first-order valence-electron chi connectivity index (χ1n) is 6.69. The van der Waals surface area contributed by atoms with E-state index in [0.717, 1.165) is 17.7 Å². The Morgan fingerprint density at radius 1 is 0.895 bits per heavy atom. The summed E-state index contributed by atoms with van der Waals surface area (Å²) in [5.41, 5.74) is 3.56. The molecular formula is C17H19NO. The molecule has 98 valence electrons. The fraction of sp³-hybridized carbons (Fsp3) is 0.294. The Bertz CT molecular complexity index is 558. The fourth-order valence-corrected chi connectivity index (χ4v) is 2.96. The summed E-state index contributed by atoms with van der Waals surface area (Å²) in [5, 5.41) is 11.2. The maximum absolute atomic E-state index is 11.2. The van der Waals surface area contributed by atoms with Gasteiger partial charge in [-0.15, -0.1) is 0 Å². The predicted molar refractivity (Wildman–Crippen MR) is 78.0 cm³/mol. The summed E-state index contributed by atoms with van der Waals surface area (Å²) in [6.07, 6.45) is 0.716. The maximum Gasteiger partial charge on any atom is 0.117 e. The summed E-state index contributed by atoms with van der Waals surface area (Å²) in [6.45, 7) is 0.860. The molecule has 0 heterocycles. The van der Waals surface area contributed by atoms with Gasteiger partial charge in [-0.25, -0.2) is 0 Å². The average Bonchev–Trinajstić information content (AvgIpc) is 2.69. The van der Waals surface area contributed by atoms with Crippen LogP contribution >= 0.6 is 0 Å². The fourth-order valence-electron chi connectivity index (χ4n) is 2.96. The number of benzene rings is 2. The maximum atomic E-state index is 11.2. The van der Waals surface area contributed by atoms with Gasteiger partial charge in [0.15, 0.2) is 0 Å². The lowest BCUT2D eigenvalue weighted by molar-refractivity contribution is 0.0675. The quantitative estimate of drug-likeness (QED) is 0.909. The molecule has 0 spiro atoms. The number of hydrogen-bond donors (Lipinski definition) is 1. The Morgan fingerprint density at radius 2 is 1.37 bits per heavy atom. The van der Waals surface area contributed by atoms with Crippen molar-refractivity contribution in [2.45, 2.75) is 12.0 Å². The largest absolute Gasteiger partial charge is 0.380 e. The van der Waals surface area contributed by atoms with Crippen molar-refractivity contribution in [3.63, 3.8) is 0 Å². The highest BCUT2D eigenvalue weighted by molar-refractivity contribution is 5.79. The lowest BCUT2D eigenvalue weighted by atomic mass is 9.88. The molecule has 0 saturated heterocycles. The van der Waals surface area contributed by atoms with Gasteiger partial charge in [0, 0.05) is 6.54 Å². The van der Waals surface area contributed by atoms with Crippen molar-refractivity contribution in [3.8, 4) is 11.1 Å². The molecule has 0 amide bonds. The van der Waals surface area contributed by atoms with Crippen LogP contribution in [0, 0.1) is 0 Å². The van der Waals surface area contributed by atoms with Crippen molar-refractivity contribution in [3.05, 3.63) is 59.7 Å². The Hall–Kier alpha value is -1.64. The van der Waals surface area contributed by atoms with Gasteiger partial charge in [0.1, 0.15) is 5.60 Å². The Morgan fingerprint density at radius 3 is 1.84 bits per heavy atom. The van der Waals surface area contributed by atoms with Crippen molar-refractivity contribution in [1.82, 2.24) is 4.90 Å². The molecule has 0 aliphatic heterocycles. The third-order valence-corrected chi connectivity index (χ3v) is 3.96. The molecule has 1 aliphatic rings. The minimum atomic E-state index is -0.850. The van der Waals surface area contributed by atoms with E-state index in [-0.39, 0.29) is 0 Å². The Labute approximate surface area is 114 Å². The van der Waals surface area contributed by atoms with E-state index in [0.29, 0.717) is 6.42 Å². The lowest BCUT2D eigenvalue weighted by Crippen LogP contribution is -2.29. The molecule has 19 heavy (non-hydrogen) atoms. The minimum Gasteiger partial charge on any atom is -0.380 e. The highest BCUT2D eigenvalue weighted by Crippen LogP contribution is 2.48. The third-order valence-electron chi connectivity index (χ3n) is 3.96. The van der Waals surface area contributed by atoms with Gasteiger partial charge in [-0.05, 0) is 42.8 Å². The van der Waals surface area contributed by atoms with Crippen LogP contribution in [0.25, 0.3) is 11.1 Å². The predicted octanol–water partition coefficient (Wildman–Crippen LogP) is 2.85. The van der Waals surface area contributed by atoms with E-state index < -0.39 is 5.60 Å². The highest BCUT2D eigenvalue weighted by Gasteiger charge is 2.40. The van der Waals surface area contributed by atoms with Crippen molar-refractivity contribution in [1.29, 1.82) is 0 Å². The first kappa shape index (κ1) is 12.4. The SMILES string of the molecule is CN(C)CCC1(O)c2ccccc2-c2ccccc21. The van der Waals surface area contributed by atoms with Gasteiger partial charge in [0.2, 0.25) is 0 Å². The second kappa shape index (κ2) is 4.48. The second-order valence-corrected chi connectivity index (χ2v) is 5.50. The average molecular weight is 253 g/mol. The lowest BCUT2D eigenvalue weighted by Gasteiger charge is -2.27. The van der Waals surface area contributed by atoms with Crippen LogP contribution in [0.1, 0.15) is 17.5 Å². The van der Waals surface area contributed by atoms with Gasteiger partial charge >= 0.3 is 0 Å². The third kappa shape index (κ3) is 1.88. The zero-order valence-electron chi connectivity index (χ0n) is 11.4. The van der Waals surface area contributed by atoms with Crippen molar-refractivity contribution in [2.75, 3.05) is 20.6 Å². The van der Waals surface area contributed by atoms with Crippen molar-refractivity contribution in [2.24, 2.45) is 0 Å². The minimum absolute atomic E-state index is 0.716. The van der Waals surface area contributed by atoms with Crippen LogP contribution in [-0.4, -0.2) is 30.6 Å². The van der Waals surface area contributed by atoms with Crippen LogP contribution in [0.3, 0.4) is 0 Å². The summed E-state index contributed by atoms with van der Waals surface area (Å²) in [7, 11) is 4.08. The number of rotatable bonds is 3. The van der Waals surface area contributed by atoms with Gasteiger partial charge in [0.05, 0.1) is 0 Å². The monoisotopic (exact) mass is 253 g/mol. The van der Waals surface area contributed by atoms with E-state index in [1.807, 2.05) is 50.5 Å². The molecule has 0 atom stereocenters. The van der Waals surface area contributed by atoms with Crippen LogP contribution < -0.4 is 0 Å². The zero-order valence-corrected chi connectivity index (χ0v) is 11.4. The molecule has 0 fully saturated rings. The molecule has 0 unspecified atom stereocenters. The molecule has 2 heteroatoms. The smallest absolute Gasteiger partial charge is 0.117 e. The van der Waals surface area contributed by atoms with E-state index >= 15 is 0 Å². The molecule has 2 nitrogen and oxygen atoms in total. The molecule has 1 N–H and O–H groups in total. The van der Waals surface area contributed by atoms with E-state index in [2.05, 4.69) is 17.0 Å². The Kier molecular flexibility index (Phi) is 2.92. The highest BCUT2D eigenvalue weighted by atomic mass is 16.3.